The third-order valence-corrected chi connectivity index (χ3v) is 5.69. The van der Waals surface area contributed by atoms with Crippen LogP contribution in [0.1, 0.15) is 43.6 Å². The zero-order valence-electron chi connectivity index (χ0n) is 17.5. The van der Waals surface area contributed by atoms with Crippen LogP contribution >= 0.6 is 0 Å². The smallest absolute Gasteiger partial charge is 0.255 e. The van der Waals surface area contributed by atoms with Crippen molar-refractivity contribution in [1.29, 1.82) is 0 Å². The summed E-state index contributed by atoms with van der Waals surface area (Å²) < 4.78 is 29.4. The molecule has 0 saturated carbocycles. The highest BCUT2D eigenvalue weighted by Gasteiger charge is 2.49. The fraction of sp³-hybridized carbons (Fsp3) is 0.591. The van der Waals surface area contributed by atoms with Crippen molar-refractivity contribution in [2.24, 2.45) is 0 Å². The molecule has 0 fully saturated rings. The summed E-state index contributed by atoms with van der Waals surface area (Å²) in [5.74, 6) is 1.24. The molecule has 7 heteroatoms. The fourth-order valence-electron chi connectivity index (χ4n) is 4.58. The number of amides is 1. The third-order valence-electron chi connectivity index (χ3n) is 5.69. The fourth-order valence-corrected chi connectivity index (χ4v) is 4.58. The quantitative estimate of drug-likeness (QED) is 0.698. The molecule has 158 valence electrons. The zero-order chi connectivity index (χ0) is 20.5. The second kappa shape index (κ2) is 8.34. The molecule has 4 rings (SSSR count). The van der Waals surface area contributed by atoms with Gasteiger partial charge in [-0.1, -0.05) is 0 Å². The summed E-state index contributed by atoms with van der Waals surface area (Å²) in [7, 11) is 0. The van der Waals surface area contributed by atoms with Gasteiger partial charge in [-0.25, -0.2) is 0 Å². The molecule has 0 unspecified atom stereocenters. The van der Waals surface area contributed by atoms with Crippen LogP contribution in [0, 0.1) is 0 Å². The summed E-state index contributed by atoms with van der Waals surface area (Å²) in [4.78, 5) is 15.3. The number of benzene rings is 1. The Hall–Kier alpha value is -2.09. The molecule has 0 spiro atoms. The molecular weight excluding hydrogens is 374 g/mol. The van der Waals surface area contributed by atoms with E-state index in [0.29, 0.717) is 43.4 Å². The van der Waals surface area contributed by atoms with Gasteiger partial charge in [0.2, 0.25) is 6.79 Å². The average Bonchev–Trinajstić information content (AvgIpc) is 3.18. The lowest BCUT2D eigenvalue weighted by Gasteiger charge is -2.48. The lowest BCUT2D eigenvalue weighted by atomic mass is 9.78. The Balaban J connectivity index is 1.89. The maximum absolute atomic E-state index is 13.4. The molecule has 2 heterocycles. The topological polar surface area (TPSA) is 66.5 Å². The Bertz CT molecular complexity index is 807. The second-order valence-corrected chi connectivity index (χ2v) is 7.17. The zero-order valence-corrected chi connectivity index (χ0v) is 17.5. The van der Waals surface area contributed by atoms with E-state index in [2.05, 4.69) is 6.08 Å². The maximum atomic E-state index is 13.4. The van der Waals surface area contributed by atoms with Crippen LogP contribution in [0.25, 0.3) is 5.57 Å². The Morgan fingerprint density at radius 1 is 0.931 bits per heavy atom. The molecule has 0 radical (unpaired) electrons. The summed E-state index contributed by atoms with van der Waals surface area (Å²) in [5, 5.41) is 0. The molecule has 0 aromatic heterocycles. The first kappa shape index (κ1) is 20.2. The van der Waals surface area contributed by atoms with Crippen LogP contribution in [-0.2, 0) is 14.2 Å². The summed E-state index contributed by atoms with van der Waals surface area (Å²) in [6, 6.07) is 3.46. The molecule has 3 aliphatic rings. The van der Waals surface area contributed by atoms with Gasteiger partial charge in [0.25, 0.3) is 5.91 Å². The molecule has 1 amide bonds. The first-order valence-electron chi connectivity index (χ1n) is 10.5. The summed E-state index contributed by atoms with van der Waals surface area (Å²) in [6.45, 7) is 10.2. The Kier molecular flexibility index (Phi) is 5.81. The Morgan fingerprint density at radius 2 is 1.55 bits per heavy atom. The monoisotopic (exact) mass is 403 g/mol. The molecule has 1 aromatic carbocycles. The molecular formula is C22H29NO6. The van der Waals surface area contributed by atoms with Gasteiger partial charge >= 0.3 is 0 Å². The van der Waals surface area contributed by atoms with Gasteiger partial charge in [-0.15, -0.1) is 0 Å². The molecule has 0 bridgehead atoms. The van der Waals surface area contributed by atoms with Crippen molar-refractivity contribution in [2.45, 2.75) is 52.0 Å². The SMILES string of the molecule is CCO[C@@H]1[C@H](OCC)[C@@H](OCC)C=C2c3cc4c(cc3C(=O)N(CC)[C@H]21)OCO4. The number of carbonyl (C=O) groups is 1. The minimum atomic E-state index is -0.320. The van der Waals surface area contributed by atoms with E-state index >= 15 is 0 Å². The average molecular weight is 403 g/mol. The first-order chi connectivity index (χ1) is 14.1. The van der Waals surface area contributed by atoms with E-state index in [1.807, 2.05) is 38.7 Å². The van der Waals surface area contributed by atoms with Crippen LogP contribution in [-0.4, -0.2) is 68.3 Å². The van der Waals surface area contributed by atoms with Gasteiger partial charge < -0.3 is 28.6 Å². The van der Waals surface area contributed by atoms with Crippen molar-refractivity contribution in [2.75, 3.05) is 33.2 Å². The first-order valence-corrected chi connectivity index (χ1v) is 10.5. The van der Waals surface area contributed by atoms with E-state index in [1.165, 1.54) is 0 Å². The van der Waals surface area contributed by atoms with Crippen LogP contribution in [0.5, 0.6) is 11.5 Å². The van der Waals surface area contributed by atoms with E-state index in [4.69, 9.17) is 23.7 Å². The van der Waals surface area contributed by atoms with Gasteiger partial charge in [0.1, 0.15) is 18.3 Å². The third kappa shape index (κ3) is 3.31. The summed E-state index contributed by atoms with van der Waals surface area (Å²) in [6.07, 6.45) is 1.23. The van der Waals surface area contributed by atoms with E-state index in [0.717, 1.165) is 11.1 Å². The largest absolute Gasteiger partial charge is 0.454 e. The van der Waals surface area contributed by atoms with Gasteiger partial charge in [0.05, 0.1) is 11.6 Å². The summed E-state index contributed by atoms with van der Waals surface area (Å²) in [5.41, 5.74) is 2.50. The van der Waals surface area contributed by atoms with E-state index < -0.39 is 0 Å². The van der Waals surface area contributed by atoms with Gasteiger partial charge in [-0.3, -0.25) is 4.79 Å². The van der Waals surface area contributed by atoms with E-state index in [-0.39, 0.29) is 37.1 Å². The predicted octanol–water partition coefficient (Wildman–Crippen LogP) is 2.87. The Labute approximate surface area is 171 Å². The van der Waals surface area contributed by atoms with Crippen molar-refractivity contribution in [3.05, 3.63) is 29.3 Å². The highest BCUT2D eigenvalue weighted by Crippen LogP contribution is 2.45. The minimum Gasteiger partial charge on any atom is -0.454 e. The van der Waals surface area contributed by atoms with Crippen LogP contribution in [0.3, 0.4) is 0 Å². The Morgan fingerprint density at radius 3 is 2.17 bits per heavy atom. The highest BCUT2D eigenvalue weighted by atomic mass is 16.7. The van der Waals surface area contributed by atoms with Crippen LogP contribution in [0.4, 0.5) is 0 Å². The molecule has 0 saturated heterocycles. The van der Waals surface area contributed by atoms with Crippen molar-refractivity contribution >= 4 is 11.5 Å². The van der Waals surface area contributed by atoms with Crippen LogP contribution in [0.15, 0.2) is 18.2 Å². The molecule has 1 aromatic rings. The number of ether oxygens (including phenoxy) is 5. The number of likely N-dealkylation sites (N-methyl/N-ethyl adjacent to an activating group) is 1. The second-order valence-electron chi connectivity index (χ2n) is 7.17. The number of hydrogen-bond donors (Lipinski definition) is 0. The lowest BCUT2D eigenvalue weighted by Crippen LogP contribution is -2.60. The van der Waals surface area contributed by atoms with Crippen LogP contribution in [0.2, 0.25) is 0 Å². The molecule has 2 aliphatic heterocycles. The van der Waals surface area contributed by atoms with Gasteiger partial charge in [-0.05, 0) is 57.0 Å². The highest BCUT2D eigenvalue weighted by molar-refractivity contribution is 6.05. The molecule has 0 N–H and O–H groups in total. The van der Waals surface area contributed by atoms with E-state index in [9.17, 15) is 4.79 Å². The van der Waals surface area contributed by atoms with Gasteiger partial charge in [0, 0.05) is 26.4 Å². The van der Waals surface area contributed by atoms with Crippen LogP contribution < -0.4 is 9.47 Å². The van der Waals surface area contributed by atoms with Crippen molar-refractivity contribution in [1.82, 2.24) is 4.90 Å². The van der Waals surface area contributed by atoms with E-state index in [1.54, 1.807) is 6.07 Å². The predicted molar refractivity (Wildman–Crippen MR) is 107 cm³/mol. The molecule has 7 nitrogen and oxygen atoms in total. The molecule has 4 atom stereocenters. The normalized spacial score (nSPS) is 27.5. The standard InChI is InChI=1S/C22H29NO6/c1-5-23-19-14(10-18(25-6-2)20(26-7-3)21(19)27-8-4)13-9-16-17(29-12-28-16)11-15(13)22(23)24/h9-11,18-21H,5-8,12H2,1-4H3/t18-,19+,20+,21-/m0/s1. The number of fused-ring (bicyclic) bond motifs is 4. The number of rotatable bonds is 7. The molecule has 1 aliphatic carbocycles. The minimum absolute atomic E-state index is 0.0299. The number of hydrogen-bond acceptors (Lipinski definition) is 6. The lowest BCUT2D eigenvalue weighted by molar-refractivity contribution is -0.138. The summed E-state index contributed by atoms with van der Waals surface area (Å²) >= 11 is 0. The van der Waals surface area contributed by atoms with Crippen molar-refractivity contribution in [3.8, 4) is 11.5 Å². The molecule has 29 heavy (non-hydrogen) atoms. The number of nitrogens with zero attached hydrogens (tertiary/aromatic N) is 1. The van der Waals surface area contributed by atoms with Gasteiger partial charge in [-0.2, -0.15) is 0 Å². The van der Waals surface area contributed by atoms with Crippen molar-refractivity contribution < 1.29 is 28.5 Å². The number of carbonyl (C=O) groups excluding carboxylic acids is 1. The maximum Gasteiger partial charge on any atom is 0.255 e. The van der Waals surface area contributed by atoms with Crippen molar-refractivity contribution in [3.63, 3.8) is 0 Å². The van der Waals surface area contributed by atoms with Gasteiger partial charge in [0.15, 0.2) is 11.5 Å².